The quantitative estimate of drug-likeness (QED) is 0.890. The van der Waals surface area contributed by atoms with E-state index in [1.165, 1.54) is 12.1 Å². The smallest absolute Gasteiger partial charge is 0.261 e. The van der Waals surface area contributed by atoms with Crippen molar-refractivity contribution in [3.8, 4) is 0 Å². The van der Waals surface area contributed by atoms with Crippen LogP contribution in [-0.4, -0.2) is 15.5 Å². The minimum atomic E-state index is -3.69. The van der Waals surface area contributed by atoms with Gasteiger partial charge in [0.1, 0.15) is 5.82 Å². The van der Waals surface area contributed by atoms with Crippen molar-refractivity contribution in [2.75, 3.05) is 11.8 Å². The molecule has 2 aromatic carbocycles. The molecule has 0 spiro atoms. The van der Waals surface area contributed by atoms with Gasteiger partial charge in [0.15, 0.2) is 0 Å². The molecule has 0 amide bonds. The Labute approximate surface area is 117 Å². The summed E-state index contributed by atoms with van der Waals surface area (Å²) in [6.45, 7) is 0.713. The number of benzene rings is 2. The van der Waals surface area contributed by atoms with Crippen LogP contribution in [0, 0.1) is 5.82 Å². The van der Waals surface area contributed by atoms with Crippen LogP contribution in [0.5, 0.6) is 0 Å². The van der Waals surface area contributed by atoms with Crippen molar-refractivity contribution in [2.45, 2.75) is 11.4 Å². The van der Waals surface area contributed by atoms with Crippen LogP contribution >= 0.6 is 0 Å². The highest BCUT2D eigenvalue weighted by atomic mass is 32.2. The molecule has 0 radical (unpaired) electrons. The zero-order valence-electron chi connectivity index (χ0n) is 10.9. The van der Waals surface area contributed by atoms with E-state index in [9.17, 15) is 12.8 Å². The molecule has 0 bridgehead atoms. The number of sulfonamides is 1. The van der Waals surface area contributed by atoms with E-state index < -0.39 is 15.8 Å². The maximum Gasteiger partial charge on any atom is 0.261 e. The van der Waals surface area contributed by atoms with Crippen molar-refractivity contribution in [3.05, 3.63) is 59.9 Å². The van der Waals surface area contributed by atoms with Crippen LogP contribution in [0.3, 0.4) is 0 Å². The normalized spacial score (nSPS) is 11.3. The van der Waals surface area contributed by atoms with Crippen molar-refractivity contribution >= 4 is 15.7 Å². The molecule has 0 aliphatic carbocycles. The zero-order chi connectivity index (χ0) is 14.6. The summed E-state index contributed by atoms with van der Waals surface area (Å²) in [4.78, 5) is 0.0261. The third kappa shape index (κ3) is 3.55. The van der Waals surface area contributed by atoms with Gasteiger partial charge < -0.3 is 5.32 Å². The second-order valence-electron chi connectivity index (χ2n) is 4.29. The fourth-order valence-corrected chi connectivity index (χ4v) is 2.78. The van der Waals surface area contributed by atoms with E-state index >= 15 is 0 Å². The molecule has 2 aromatic rings. The molecule has 2 rings (SSSR count). The van der Waals surface area contributed by atoms with Gasteiger partial charge in [-0.05, 0) is 49.0 Å². The van der Waals surface area contributed by atoms with Crippen LogP contribution in [-0.2, 0) is 16.6 Å². The highest BCUT2D eigenvalue weighted by Crippen LogP contribution is 2.17. The fourth-order valence-electron chi connectivity index (χ4n) is 1.72. The predicted molar refractivity (Wildman–Crippen MR) is 76.4 cm³/mol. The molecule has 0 aromatic heterocycles. The first-order chi connectivity index (χ1) is 9.51. The lowest BCUT2D eigenvalue weighted by Gasteiger charge is -2.09. The molecule has 0 heterocycles. The van der Waals surface area contributed by atoms with Gasteiger partial charge in [-0.2, -0.15) is 0 Å². The number of anilines is 1. The lowest BCUT2D eigenvalue weighted by Crippen LogP contribution is -2.13. The van der Waals surface area contributed by atoms with Gasteiger partial charge in [-0.15, -0.1) is 0 Å². The molecule has 4 nitrogen and oxygen atoms in total. The second kappa shape index (κ2) is 6.02. The first-order valence-electron chi connectivity index (χ1n) is 6.03. The Morgan fingerprint density at radius 1 is 1.00 bits per heavy atom. The molecule has 106 valence electrons. The van der Waals surface area contributed by atoms with E-state index in [4.69, 9.17) is 0 Å². The van der Waals surface area contributed by atoms with Crippen molar-refractivity contribution in [1.82, 2.24) is 5.32 Å². The average molecular weight is 294 g/mol. The van der Waals surface area contributed by atoms with Crippen molar-refractivity contribution in [3.63, 3.8) is 0 Å². The summed E-state index contributed by atoms with van der Waals surface area (Å²) < 4.78 is 39.4. The molecular formula is C14H15FN2O2S. The van der Waals surface area contributed by atoms with E-state index in [1.807, 2.05) is 19.2 Å². The molecule has 6 heteroatoms. The average Bonchev–Trinajstić information content (AvgIpc) is 2.41. The standard InChI is InChI=1S/C14H15FN2O2S/c1-16-10-11-2-6-13(7-3-11)17-20(18,19)14-8-4-12(15)5-9-14/h2-9,16-17H,10H2,1H3. The Morgan fingerprint density at radius 3 is 2.15 bits per heavy atom. The monoisotopic (exact) mass is 294 g/mol. The molecule has 2 N–H and O–H groups in total. The Morgan fingerprint density at radius 2 is 1.60 bits per heavy atom. The van der Waals surface area contributed by atoms with Gasteiger partial charge in [0.25, 0.3) is 10.0 Å². The number of hydrogen-bond donors (Lipinski definition) is 2. The molecule has 0 unspecified atom stereocenters. The summed E-state index contributed by atoms with van der Waals surface area (Å²) in [6.07, 6.45) is 0. The first kappa shape index (κ1) is 14.5. The van der Waals surface area contributed by atoms with Gasteiger partial charge in [-0.25, -0.2) is 12.8 Å². The van der Waals surface area contributed by atoms with Crippen molar-refractivity contribution in [1.29, 1.82) is 0 Å². The highest BCUT2D eigenvalue weighted by Gasteiger charge is 2.13. The van der Waals surface area contributed by atoms with Crippen LogP contribution in [0.1, 0.15) is 5.56 Å². The Hall–Kier alpha value is -1.92. The van der Waals surface area contributed by atoms with E-state index in [0.717, 1.165) is 17.7 Å². The molecule has 0 saturated carbocycles. The Kier molecular flexibility index (Phi) is 4.36. The van der Waals surface area contributed by atoms with Crippen LogP contribution in [0.15, 0.2) is 53.4 Å². The molecule has 20 heavy (non-hydrogen) atoms. The van der Waals surface area contributed by atoms with E-state index in [1.54, 1.807) is 12.1 Å². The Bertz CT molecular complexity index is 667. The van der Waals surface area contributed by atoms with E-state index in [2.05, 4.69) is 10.0 Å². The number of hydrogen-bond acceptors (Lipinski definition) is 3. The van der Waals surface area contributed by atoms with Crippen LogP contribution in [0.25, 0.3) is 0 Å². The number of halogens is 1. The lowest BCUT2D eigenvalue weighted by molar-refractivity contribution is 0.599. The zero-order valence-corrected chi connectivity index (χ0v) is 11.7. The summed E-state index contributed by atoms with van der Waals surface area (Å²) in [5.41, 5.74) is 1.52. The summed E-state index contributed by atoms with van der Waals surface area (Å²) in [5, 5.41) is 3.01. The number of rotatable bonds is 5. The van der Waals surface area contributed by atoms with Gasteiger partial charge in [0, 0.05) is 12.2 Å². The minimum Gasteiger partial charge on any atom is -0.316 e. The largest absolute Gasteiger partial charge is 0.316 e. The van der Waals surface area contributed by atoms with Crippen molar-refractivity contribution in [2.24, 2.45) is 0 Å². The second-order valence-corrected chi connectivity index (χ2v) is 5.97. The summed E-state index contributed by atoms with van der Waals surface area (Å²) >= 11 is 0. The number of nitrogens with one attached hydrogen (secondary N) is 2. The molecule has 0 saturated heterocycles. The van der Waals surface area contributed by atoms with Crippen LogP contribution in [0.2, 0.25) is 0 Å². The third-order valence-electron chi connectivity index (χ3n) is 2.71. The van der Waals surface area contributed by atoms with Gasteiger partial charge in [-0.1, -0.05) is 12.1 Å². The summed E-state index contributed by atoms with van der Waals surface area (Å²) in [5.74, 6) is -0.472. The molecule has 0 atom stereocenters. The van der Waals surface area contributed by atoms with Gasteiger partial charge in [0.2, 0.25) is 0 Å². The topological polar surface area (TPSA) is 58.2 Å². The fraction of sp³-hybridized carbons (Fsp3) is 0.143. The van der Waals surface area contributed by atoms with E-state index in [0.29, 0.717) is 12.2 Å². The summed E-state index contributed by atoms with van der Waals surface area (Å²) in [7, 11) is -1.85. The molecule has 0 aliphatic heterocycles. The first-order valence-corrected chi connectivity index (χ1v) is 7.51. The SMILES string of the molecule is CNCc1ccc(NS(=O)(=O)c2ccc(F)cc2)cc1. The molecular weight excluding hydrogens is 279 g/mol. The predicted octanol–water partition coefficient (Wildman–Crippen LogP) is 2.35. The van der Waals surface area contributed by atoms with Crippen LogP contribution in [0.4, 0.5) is 10.1 Å². The van der Waals surface area contributed by atoms with Crippen molar-refractivity contribution < 1.29 is 12.8 Å². The maximum absolute atomic E-state index is 12.8. The van der Waals surface area contributed by atoms with Gasteiger partial charge in [0.05, 0.1) is 4.90 Å². The van der Waals surface area contributed by atoms with Gasteiger partial charge in [-0.3, -0.25) is 4.72 Å². The van der Waals surface area contributed by atoms with Crippen LogP contribution < -0.4 is 10.0 Å². The lowest BCUT2D eigenvalue weighted by atomic mass is 10.2. The third-order valence-corrected chi connectivity index (χ3v) is 4.11. The highest BCUT2D eigenvalue weighted by molar-refractivity contribution is 7.92. The van der Waals surface area contributed by atoms with E-state index in [-0.39, 0.29) is 4.90 Å². The summed E-state index contributed by atoms with van der Waals surface area (Å²) in [6, 6.07) is 11.7. The molecule has 0 aliphatic rings. The minimum absolute atomic E-state index is 0.0261. The maximum atomic E-state index is 12.8. The van der Waals surface area contributed by atoms with Gasteiger partial charge >= 0.3 is 0 Å². The molecule has 0 fully saturated rings. The Balaban J connectivity index is 2.17.